The van der Waals surface area contributed by atoms with Gasteiger partial charge >= 0.3 is 0 Å². The number of carbonyl (C=O) groups excluding carboxylic acids is 1. The number of piperidine rings is 1. The summed E-state index contributed by atoms with van der Waals surface area (Å²) in [5.41, 5.74) is 1.79. The summed E-state index contributed by atoms with van der Waals surface area (Å²) in [6.07, 6.45) is 3.23. The lowest BCUT2D eigenvalue weighted by Gasteiger charge is -2.31. The second kappa shape index (κ2) is 8.35. The molecule has 1 N–H and O–H groups in total. The van der Waals surface area contributed by atoms with Gasteiger partial charge < -0.3 is 10.2 Å². The minimum atomic E-state index is -0.0143. The molecule has 28 heavy (non-hydrogen) atoms. The smallest absolute Gasteiger partial charge is 0.228 e. The van der Waals surface area contributed by atoms with Gasteiger partial charge in [0.1, 0.15) is 5.82 Å². The number of carbonyl (C=O) groups is 1. The predicted molar refractivity (Wildman–Crippen MR) is 110 cm³/mol. The van der Waals surface area contributed by atoms with Gasteiger partial charge in [0.05, 0.1) is 5.69 Å². The molecule has 7 heteroatoms. The molecule has 0 bridgehead atoms. The molecule has 0 aliphatic carbocycles. The average molecular weight is 394 g/mol. The lowest BCUT2D eigenvalue weighted by molar-refractivity contribution is -0.120. The van der Waals surface area contributed by atoms with Gasteiger partial charge in [-0.2, -0.15) is 0 Å². The number of nitrogens with one attached hydrogen (secondary N) is 1. The molecule has 1 amide bonds. The first-order valence-corrected chi connectivity index (χ1v) is 9.63. The molecule has 3 aromatic rings. The van der Waals surface area contributed by atoms with Crippen LogP contribution < -0.4 is 10.2 Å². The van der Waals surface area contributed by atoms with Crippen LogP contribution in [0.4, 0.5) is 11.6 Å². The molecule has 0 saturated carbocycles. The molecule has 1 saturated heterocycles. The first kappa shape index (κ1) is 18.4. The largest absolute Gasteiger partial charge is 0.355 e. The Morgan fingerprint density at radius 2 is 1.79 bits per heavy atom. The van der Waals surface area contributed by atoms with Crippen LogP contribution in [0.5, 0.6) is 0 Å². The van der Waals surface area contributed by atoms with Crippen LogP contribution in [0.1, 0.15) is 12.8 Å². The molecule has 142 valence electrons. The van der Waals surface area contributed by atoms with E-state index in [9.17, 15) is 4.79 Å². The van der Waals surface area contributed by atoms with Crippen molar-refractivity contribution in [1.29, 1.82) is 0 Å². The summed E-state index contributed by atoms with van der Waals surface area (Å²) in [6, 6.07) is 17.0. The van der Waals surface area contributed by atoms with Crippen molar-refractivity contribution < 1.29 is 4.79 Å². The molecular formula is C21H20ClN5O. The normalized spacial score (nSPS) is 14.7. The molecule has 1 fully saturated rings. The number of nitrogens with zero attached hydrogens (tertiary/aromatic N) is 4. The summed E-state index contributed by atoms with van der Waals surface area (Å²) in [6.45, 7) is 1.55. The van der Waals surface area contributed by atoms with E-state index < -0.39 is 0 Å². The van der Waals surface area contributed by atoms with Crippen LogP contribution in [-0.2, 0) is 4.79 Å². The van der Waals surface area contributed by atoms with Gasteiger partial charge in [-0.05, 0) is 49.2 Å². The Kier molecular flexibility index (Phi) is 5.48. The van der Waals surface area contributed by atoms with Crippen molar-refractivity contribution in [2.24, 2.45) is 5.92 Å². The molecule has 1 aliphatic heterocycles. The third-order valence-corrected chi connectivity index (χ3v) is 5.15. The number of pyridine rings is 1. The standard InChI is InChI=1S/C21H20ClN5O/c22-17-6-4-15(5-7-17)18-8-9-20(26-25-18)27-13-10-16(11-14-27)21(28)24-19-3-1-2-12-23-19/h1-9,12,16H,10-11,13-14H2,(H,23,24,28). The van der Waals surface area contributed by atoms with Gasteiger partial charge in [0.15, 0.2) is 5.82 Å². The van der Waals surface area contributed by atoms with Gasteiger partial charge in [-0.1, -0.05) is 29.8 Å². The highest BCUT2D eigenvalue weighted by Crippen LogP contribution is 2.24. The van der Waals surface area contributed by atoms with Gasteiger partial charge in [-0.3, -0.25) is 4.79 Å². The maximum Gasteiger partial charge on any atom is 0.228 e. The number of hydrogen-bond acceptors (Lipinski definition) is 5. The molecule has 0 spiro atoms. The van der Waals surface area contributed by atoms with Crippen molar-refractivity contribution in [3.8, 4) is 11.3 Å². The summed E-state index contributed by atoms with van der Waals surface area (Å²) < 4.78 is 0. The van der Waals surface area contributed by atoms with Crippen LogP contribution in [0.3, 0.4) is 0 Å². The minimum absolute atomic E-state index is 0.0143. The highest BCUT2D eigenvalue weighted by atomic mass is 35.5. The second-order valence-electron chi connectivity index (χ2n) is 6.75. The fourth-order valence-electron chi connectivity index (χ4n) is 3.30. The van der Waals surface area contributed by atoms with Gasteiger partial charge in [-0.25, -0.2) is 4.98 Å². The maximum absolute atomic E-state index is 12.4. The summed E-state index contributed by atoms with van der Waals surface area (Å²) in [5.74, 6) is 1.45. The number of halogens is 1. The fraction of sp³-hybridized carbons (Fsp3) is 0.238. The Morgan fingerprint density at radius 1 is 1.00 bits per heavy atom. The first-order valence-electron chi connectivity index (χ1n) is 9.25. The zero-order valence-electron chi connectivity index (χ0n) is 15.3. The summed E-state index contributed by atoms with van der Waals surface area (Å²) in [5, 5.41) is 12.3. The van der Waals surface area contributed by atoms with Crippen molar-refractivity contribution in [3.05, 3.63) is 65.8 Å². The van der Waals surface area contributed by atoms with Crippen molar-refractivity contribution >= 4 is 29.1 Å². The third kappa shape index (κ3) is 4.28. The van der Waals surface area contributed by atoms with Crippen LogP contribution >= 0.6 is 11.6 Å². The number of benzene rings is 1. The Hall–Kier alpha value is -2.99. The van der Waals surface area contributed by atoms with E-state index >= 15 is 0 Å². The van der Waals surface area contributed by atoms with Crippen LogP contribution in [0, 0.1) is 5.92 Å². The second-order valence-corrected chi connectivity index (χ2v) is 7.19. The molecule has 0 atom stereocenters. The van der Waals surface area contributed by atoms with Crippen LogP contribution in [0.2, 0.25) is 5.02 Å². The van der Waals surface area contributed by atoms with Crippen LogP contribution in [0.25, 0.3) is 11.3 Å². The molecular weight excluding hydrogens is 374 g/mol. The van der Waals surface area contributed by atoms with E-state index in [1.54, 1.807) is 12.3 Å². The van der Waals surface area contributed by atoms with E-state index in [1.165, 1.54) is 0 Å². The molecule has 4 rings (SSSR count). The summed E-state index contributed by atoms with van der Waals surface area (Å²) >= 11 is 5.93. The molecule has 0 unspecified atom stereocenters. The van der Waals surface area contributed by atoms with E-state index in [4.69, 9.17) is 11.6 Å². The van der Waals surface area contributed by atoms with E-state index in [2.05, 4.69) is 25.4 Å². The van der Waals surface area contributed by atoms with E-state index in [0.29, 0.717) is 10.8 Å². The number of amides is 1. The Labute approximate surface area is 168 Å². The minimum Gasteiger partial charge on any atom is -0.355 e. The zero-order chi connectivity index (χ0) is 19.3. The molecule has 0 radical (unpaired) electrons. The maximum atomic E-state index is 12.4. The quantitative estimate of drug-likeness (QED) is 0.724. The molecule has 6 nitrogen and oxygen atoms in total. The summed E-state index contributed by atoms with van der Waals surface area (Å²) in [4.78, 5) is 18.7. The number of rotatable bonds is 4. The molecule has 1 aromatic carbocycles. The van der Waals surface area contributed by atoms with Crippen LogP contribution in [0.15, 0.2) is 60.8 Å². The molecule has 2 aromatic heterocycles. The lowest BCUT2D eigenvalue weighted by Crippen LogP contribution is -2.38. The van der Waals surface area contributed by atoms with Crippen molar-refractivity contribution in [1.82, 2.24) is 15.2 Å². The molecule has 1 aliphatic rings. The predicted octanol–water partition coefficient (Wildman–Crippen LogP) is 4.05. The van der Waals surface area contributed by atoms with Crippen molar-refractivity contribution in [2.75, 3.05) is 23.3 Å². The van der Waals surface area contributed by atoms with E-state index in [0.717, 1.165) is 43.0 Å². The highest BCUT2D eigenvalue weighted by molar-refractivity contribution is 6.30. The van der Waals surface area contributed by atoms with Gasteiger partial charge in [-0.15, -0.1) is 10.2 Å². The Bertz CT molecular complexity index is 923. The first-order chi connectivity index (χ1) is 13.7. The van der Waals surface area contributed by atoms with Crippen LogP contribution in [-0.4, -0.2) is 34.2 Å². The SMILES string of the molecule is O=C(Nc1ccccn1)C1CCN(c2ccc(-c3ccc(Cl)cc3)nn2)CC1. The van der Waals surface area contributed by atoms with Crippen molar-refractivity contribution in [2.45, 2.75) is 12.8 Å². The van der Waals surface area contributed by atoms with Gasteiger partial charge in [0.25, 0.3) is 0 Å². The monoisotopic (exact) mass is 393 g/mol. The summed E-state index contributed by atoms with van der Waals surface area (Å²) in [7, 11) is 0. The Morgan fingerprint density at radius 3 is 2.43 bits per heavy atom. The average Bonchev–Trinajstić information content (AvgIpc) is 2.75. The lowest BCUT2D eigenvalue weighted by atomic mass is 9.96. The van der Waals surface area contributed by atoms with Gasteiger partial charge in [0.2, 0.25) is 5.91 Å². The highest BCUT2D eigenvalue weighted by Gasteiger charge is 2.26. The Balaban J connectivity index is 1.34. The number of anilines is 2. The third-order valence-electron chi connectivity index (χ3n) is 4.90. The van der Waals surface area contributed by atoms with E-state index in [1.807, 2.05) is 48.5 Å². The van der Waals surface area contributed by atoms with Gasteiger partial charge in [0, 0.05) is 35.8 Å². The zero-order valence-corrected chi connectivity index (χ0v) is 16.0. The number of aromatic nitrogens is 3. The van der Waals surface area contributed by atoms with E-state index in [-0.39, 0.29) is 11.8 Å². The molecule has 3 heterocycles. The van der Waals surface area contributed by atoms with Crippen molar-refractivity contribution in [3.63, 3.8) is 0 Å². The number of hydrogen-bond donors (Lipinski definition) is 1. The topological polar surface area (TPSA) is 71.0 Å². The fourth-order valence-corrected chi connectivity index (χ4v) is 3.43.